The molecule has 7 rings (SSSR count). The van der Waals surface area contributed by atoms with Crippen LogP contribution < -0.4 is 72.2 Å². The molecule has 18 heteroatoms. The summed E-state index contributed by atoms with van der Waals surface area (Å²) in [5.41, 5.74) is 9.74. The number of rotatable bonds is 30. The molecule has 0 spiro atoms. The first kappa shape index (κ1) is 103. The van der Waals surface area contributed by atoms with Crippen LogP contribution in [0.25, 0.3) is 0 Å². The van der Waals surface area contributed by atoms with Crippen molar-refractivity contribution in [3.05, 3.63) is 116 Å². The Labute approximate surface area is 720 Å². The molecule has 0 bridgehead atoms. The average Bonchev–Trinajstić information content (AvgIpc) is 1.42. The van der Waals surface area contributed by atoms with Crippen molar-refractivity contribution in [3.63, 3.8) is 0 Å². The summed E-state index contributed by atoms with van der Waals surface area (Å²) in [7, 11) is 10.3. The van der Waals surface area contributed by atoms with Gasteiger partial charge in [-0.05, 0) is 115 Å². The quantitative estimate of drug-likeness (QED) is 0.0262. The molecule has 644 valence electrons. The van der Waals surface area contributed by atoms with Crippen LogP contribution in [-0.2, 0) is 82.6 Å². The number of hydrogen-bond donors (Lipinski definition) is 1. The third kappa shape index (κ3) is 32.7. The Morgan fingerprint density at radius 3 is 0.737 bits per heavy atom. The summed E-state index contributed by atoms with van der Waals surface area (Å²) in [5.74, 6) is 9.06. The first-order chi connectivity index (χ1) is 51.8. The van der Waals surface area contributed by atoms with E-state index in [4.69, 9.17) is 82.7 Å². The van der Waals surface area contributed by atoms with Gasteiger partial charge in [-0.15, -0.1) is 11.6 Å². The van der Waals surface area contributed by atoms with Crippen LogP contribution >= 0.6 is 11.6 Å². The fourth-order valence-electron chi connectivity index (χ4n) is 12.6. The van der Waals surface area contributed by atoms with Gasteiger partial charge in [0.25, 0.3) is 0 Å². The van der Waals surface area contributed by atoms with Crippen molar-refractivity contribution in [1.82, 2.24) is 0 Å². The van der Waals surface area contributed by atoms with Gasteiger partial charge in [-0.2, -0.15) is 0 Å². The smallest absolute Gasteiger partial charge is 1.00 e. The minimum absolute atomic E-state index is 0. The molecule has 0 radical (unpaired) electrons. The third-order valence-electron chi connectivity index (χ3n) is 19.6. The molecule has 0 saturated carbocycles. The molecule has 16 nitrogen and oxygen atoms in total. The van der Waals surface area contributed by atoms with Gasteiger partial charge < -0.3 is 77.6 Å². The minimum Gasteiger partial charge on any atom is -1.00 e. The maximum absolute atomic E-state index is 10.2. The molecule has 1 N–H and O–H groups in total. The standard InChI is InChI=1S/C60H98O10.C18H28O3.C15H24O2.C3H5ClO.Na.H/c1-39(31-65-41(35-61-21)37-69-53-27-43(55(3,4)5)49(63-23)25-45(53)57(9,10)11)33-67-51-29-48(60(18,19)20)52(30-47(51)59(15,16)17)68-34-40(2)32-66-42(36-62-22)38-70-54-28-44(56(6,7)8)50(64-24)26-46(54)58(12,13)14;1-17(2,3)13-9-16(21-11-12-10-20-12)14(18(4,5)6)8-15(13)19-7;1-14(2,3)10-9-13(17-7)11(8-12(10)16)15(4,5)6;4-1-3-2-5-3;;/h25-30,39-42H,31-38H2,1-24H3;8-9,12H,10-11H2,1-7H3;8-9,16H,1-7H3;3H,1-2H2;;/q;;;;+1;-1. The van der Waals surface area contributed by atoms with E-state index in [0.29, 0.717) is 77.2 Å². The Hall–Kier alpha value is -4.85. The van der Waals surface area contributed by atoms with Crippen molar-refractivity contribution in [2.45, 2.75) is 300 Å². The monoisotopic (exact) mass is 1620 g/mol. The van der Waals surface area contributed by atoms with E-state index < -0.39 is 0 Å². The number of alkyl halides is 1. The second kappa shape index (κ2) is 42.9. The number of epoxide rings is 2. The van der Waals surface area contributed by atoms with Gasteiger partial charge in [-0.25, -0.2) is 0 Å². The van der Waals surface area contributed by atoms with E-state index in [1.807, 2.05) is 12.1 Å². The molecule has 6 atom stereocenters. The Morgan fingerprint density at radius 1 is 0.316 bits per heavy atom. The first-order valence-electron chi connectivity index (χ1n) is 40.7. The van der Waals surface area contributed by atoms with E-state index in [0.717, 1.165) is 109 Å². The zero-order chi connectivity index (χ0) is 86.2. The van der Waals surface area contributed by atoms with Crippen LogP contribution in [0.3, 0.4) is 0 Å². The number of phenolic OH excluding ortho intramolecular Hbond substituents is 1. The van der Waals surface area contributed by atoms with Crippen LogP contribution in [0.5, 0.6) is 57.5 Å². The van der Waals surface area contributed by atoms with Crippen LogP contribution in [0.4, 0.5) is 0 Å². The Morgan fingerprint density at radius 2 is 0.526 bits per heavy atom. The number of ether oxygens (including phenoxy) is 15. The van der Waals surface area contributed by atoms with E-state index >= 15 is 0 Å². The molecule has 2 heterocycles. The van der Waals surface area contributed by atoms with Gasteiger partial charge in [0.15, 0.2) is 0 Å². The van der Waals surface area contributed by atoms with Crippen molar-refractivity contribution in [1.29, 1.82) is 0 Å². The molecule has 2 fully saturated rings. The molecule has 2 aliphatic heterocycles. The van der Waals surface area contributed by atoms with Crippen LogP contribution in [0, 0.1) is 11.8 Å². The average molecular weight is 1620 g/mol. The number of methoxy groups -OCH3 is 6. The molecule has 5 aromatic carbocycles. The van der Waals surface area contributed by atoms with E-state index in [2.05, 4.69) is 270 Å². The zero-order valence-corrected chi connectivity index (χ0v) is 81.4. The molecule has 6 unspecified atom stereocenters. The van der Waals surface area contributed by atoms with Gasteiger partial charge in [0.2, 0.25) is 0 Å². The predicted molar refractivity (Wildman–Crippen MR) is 467 cm³/mol. The van der Waals surface area contributed by atoms with Gasteiger partial charge in [0, 0.05) is 81.7 Å². The molecule has 0 aromatic heterocycles. The summed E-state index contributed by atoms with van der Waals surface area (Å²) >= 11 is 5.27. The number of phenols is 1. The van der Waals surface area contributed by atoms with E-state index in [1.54, 1.807) is 42.7 Å². The number of hydrogen-bond acceptors (Lipinski definition) is 16. The summed E-state index contributed by atoms with van der Waals surface area (Å²) in [5, 5.41) is 10.2. The maximum atomic E-state index is 10.2. The molecule has 5 aromatic rings. The summed E-state index contributed by atoms with van der Waals surface area (Å²) < 4.78 is 89.6. The van der Waals surface area contributed by atoms with Gasteiger partial charge in [0.1, 0.15) is 95.6 Å². The van der Waals surface area contributed by atoms with Crippen molar-refractivity contribution in [2.24, 2.45) is 11.8 Å². The fraction of sp³-hybridized carbons (Fsp3) is 0.688. The van der Waals surface area contributed by atoms with Crippen LogP contribution in [0.2, 0.25) is 0 Å². The Balaban J connectivity index is 0.000000794. The SMILES string of the molecule is COCC(COc1cc(C(C)(C)C)c(OC)cc1C(C)(C)C)OCC(C)COc1cc(C(C)(C)C)c(OCC(C)COC(COC)COc2cc(C(C)(C)C)c(OC)cc2C(C)(C)C)cc1C(C)(C)C.COc1cc(C(C)(C)C)c(O)cc1C(C)(C)C.COc1cc(C(C)(C)C)c(OCC2CO2)cc1C(C)(C)C.ClCC1CO1.[H-].[Na+]. The van der Waals surface area contributed by atoms with E-state index in [1.165, 1.54) is 11.1 Å². The van der Waals surface area contributed by atoms with Gasteiger partial charge in [-0.1, -0.05) is 222 Å². The second-order valence-corrected chi connectivity index (χ2v) is 41.5. The van der Waals surface area contributed by atoms with Crippen LogP contribution in [0.1, 0.15) is 279 Å². The Bertz CT molecular complexity index is 3610. The minimum atomic E-state index is -0.274. The van der Waals surface area contributed by atoms with Crippen molar-refractivity contribution >= 4 is 11.6 Å². The molecular formula is C96H156ClNaO16. The zero-order valence-electron chi connectivity index (χ0n) is 79.7. The number of benzene rings is 5. The maximum Gasteiger partial charge on any atom is 1.00 e. The first-order valence-corrected chi connectivity index (χ1v) is 41.3. The molecule has 2 aliphatic rings. The summed E-state index contributed by atoms with van der Waals surface area (Å²) in [6, 6.07) is 20.9. The number of aromatic hydroxyl groups is 1. The normalized spacial score (nSPS) is 15.9. The van der Waals surface area contributed by atoms with Crippen molar-refractivity contribution in [3.8, 4) is 57.5 Å². The molecule has 0 amide bonds. The molecule has 114 heavy (non-hydrogen) atoms. The van der Waals surface area contributed by atoms with E-state index in [-0.39, 0.29) is 115 Å². The number of halogens is 1. The van der Waals surface area contributed by atoms with Gasteiger partial charge >= 0.3 is 29.6 Å². The topological polar surface area (TPSA) is 165 Å². The van der Waals surface area contributed by atoms with Crippen LogP contribution in [0.15, 0.2) is 60.7 Å². The van der Waals surface area contributed by atoms with Crippen molar-refractivity contribution in [2.75, 3.05) is 121 Å². The van der Waals surface area contributed by atoms with Gasteiger partial charge in [-0.3, -0.25) is 0 Å². The van der Waals surface area contributed by atoms with Crippen molar-refractivity contribution < 1.29 is 107 Å². The Kier molecular flexibility index (Phi) is 38.9. The molecular weight excluding hydrogens is 1470 g/mol. The molecule has 0 aliphatic carbocycles. The van der Waals surface area contributed by atoms with E-state index in [9.17, 15) is 5.11 Å². The summed E-state index contributed by atoms with van der Waals surface area (Å²) in [6.45, 7) is 75.3. The largest absolute Gasteiger partial charge is 1.00 e. The second-order valence-electron chi connectivity index (χ2n) is 41.2. The molecule has 2 saturated heterocycles. The fourth-order valence-corrected chi connectivity index (χ4v) is 12.8. The van der Waals surface area contributed by atoms with Crippen LogP contribution in [-0.4, -0.2) is 151 Å². The summed E-state index contributed by atoms with van der Waals surface area (Å²) in [4.78, 5) is 0. The predicted octanol–water partition coefficient (Wildman–Crippen LogP) is 19.5. The third-order valence-corrected chi connectivity index (χ3v) is 20.0. The summed E-state index contributed by atoms with van der Waals surface area (Å²) in [6.07, 6.45) is 0.114. The van der Waals surface area contributed by atoms with Gasteiger partial charge in [0.05, 0.1) is 93.3 Å².